The van der Waals surface area contributed by atoms with Crippen molar-refractivity contribution in [3.8, 4) is 50.4 Å². The minimum Gasteiger partial charge on any atom is -0.410 e. The highest BCUT2D eigenvalue weighted by atomic mass is 16.5. The van der Waals surface area contributed by atoms with E-state index in [-0.39, 0.29) is 33.2 Å². The molecule has 0 bridgehead atoms. The minimum atomic E-state index is -1.04. The van der Waals surface area contributed by atoms with Gasteiger partial charge in [0.2, 0.25) is 5.69 Å². The van der Waals surface area contributed by atoms with Crippen molar-refractivity contribution in [2.75, 3.05) is 9.80 Å². The molecule has 5 heterocycles. The third kappa shape index (κ3) is 6.41. The highest BCUT2D eigenvalue weighted by molar-refractivity contribution is 6.03. The third-order valence-electron chi connectivity index (χ3n) is 15.1. The van der Waals surface area contributed by atoms with Crippen LogP contribution in [0.2, 0.25) is 0 Å². The molecule has 4 nitrogen and oxygen atoms in total. The number of rotatable bonds is 3. The summed E-state index contributed by atoms with van der Waals surface area (Å²) in [5.74, 6) is -0.0585. The van der Waals surface area contributed by atoms with Gasteiger partial charge in [0.05, 0.1) is 22.6 Å². The van der Waals surface area contributed by atoms with Gasteiger partial charge in [-0.3, -0.25) is 0 Å². The molecule has 0 fully saturated rings. The molecule has 2 unspecified atom stereocenters. The Kier molecular flexibility index (Phi) is 9.06. The van der Waals surface area contributed by atoms with Crippen molar-refractivity contribution in [1.29, 1.82) is 0 Å². The summed E-state index contributed by atoms with van der Waals surface area (Å²) in [5, 5.41) is 0. The Hall–Kier alpha value is -6.13. The van der Waals surface area contributed by atoms with Gasteiger partial charge >= 0.3 is 5.85 Å². The SMILES string of the molecule is CC(C)(C)c1ccc(-c2cc[n+]3c(c2)-c2cc(C(C)(C)C)cc4c2C32Oc3c(cc(C(C)(C)C)cc3C(C)(C)C)C3N(c5ccc(C(C)(C)C)cc5-c5ccccc5)c5cccc-4c5N32)cc1. The van der Waals surface area contributed by atoms with Crippen LogP contribution >= 0.6 is 0 Å². The van der Waals surface area contributed by atoms with Gasteiger partial charge in [0.25, 0.3) is 0 Å². The van der Waals surface area contributed by atoms with Crippen LogP contribution in [-0.2, 0) is 32.9 Å². The summed E-state index contributed by atoms with van der Waals surface area (Å²) >= 11 is 0. The van der Waals surface area contributed by atoms with Crippen LogP contribution in [0.4, 0.5) is 17.1 Å². The Morgan fingerprint density at radius 1 is 0.463 bits per heavy atom. The van der Waals surface area contributed by atoms with Crippen molar-refractivity contribution in [3.63, 3.8) is 0 Å². The summed E-state index contributed by atoms with van der Waals surface area (Å²) in [6.07, 6.45) is 2.08. The molecule has 7 aromatic rings. The quantitative estimate of drug-likeness (QED) is 0.165. The maximum absolute atomic E-state index is 8.21. The zero-order valence-electron chi connectivity index (χ0n) is 42.5. The van der Waals surface area contributed by atoms with Gasteiger partial charge in [-0.15, -0.1) is 4.57 Å². The first-order valence-electron chi connectivity index (χ1n) is 24.5. The highest BCUT2D eigenvalue weighted by Crippen LogP contribution is 2.68. The summed E-state index contributed by atoms with van der Waals surface area (Å²) in [6, 6.07) is 49.1. The molecule has 2 atom stereocenters. The van der Waals surface area contributed by atoms with Gasteiger partial charge in [0.15, 0.2) is 6.20 Å². The van der Waals surface area contributed by atoms with Crippen LogP contribution in [-0.4, -0.2) is 0 Å². The van der Waals surface area contributed by atoms with Crippen molar-refractivity contribution in [3.05, 3.63) is 173 Å². The molecular formula is C63H68N3O+. The van der Waals surface area contributed by atoms with E-state index in [1.54, 1.807) is 0 Å². The average molecular weight is 883 g/mol. The van der Waals surface area contributed by atoms with Gasteiger partial charge in [-0.2, -0.15) is 0 Å². The second kappa shape index (κ2) is 14.0. The zero-order valence-corrected chi connectivity index (χ0v) is 42.5. The predicted molar refractivity (Wildman–Crippen MR) is 280 cm³/mol. The number of fused-ring (bicyclic) bond motifs is 5. The van der Waals surface area contributed by atoms with Gasteiger partial charge < -0.3 is 9.64 Å². The van der Waals surface area contributed by atoms with Crippen LogP contribution in [0.1, 0.15) is 149 Å². The second-order valence-electron chi connectivity index (χ2n) is 25.0. The minimum absolute atomic E-state index is 0.0356. The molecule has 0 aliphatic carbocycles. The van der Waals surface area contributed by atoms with Crippen molar-refractivity contribution >= 4 is 17.1 Å². The van der Waals surface area contributed by atoms with Crippen molar-refractivity contribution in [2.24, 2.45) is 0 Å². The van der Waals surface area contributed by atoms with Crippen LogP contribution in [0.15, 0.2) is 134 Å². The van der Waals surface area contributed by atoms with Crippen LogP contribution in [0.25, 0.3) is 44.6 Å². The Labute approximate surface area is 400 Å². The van der Waals surface area contributed by atoms with E-state index in [1.165, 1.54) is 95.0 Å². The lowest BCUT2D eigenvalue weighted by atomic mass is 9.77. The molecule has 0 N–H and O–H groups in total. The second-order valence-corrected chi connectivity index (χ2v) is 25.0. The Bertz CT molecular complexity index is 3180. The molecule has 4 aliphatic rings. The number of hydrogen-bond donors (Lipinski definition) is 0. The largest absolute Gasteiger partial charge is 0.432 e. The standard InChI is InChI=1S/C63H68N3O/c1-58(2,3)41-26-24-38(25-27-41)40-30-31-64-53(32-40)48-35-43(60(7,8)9)34-47-45-22-19-23-52-55(45)66-57(65(52)51-29-28-42(59(4,5)6)33-46(51)39-20-17-16-18-21-39)49-36-44(61(10,11)12)37-50(62(13,14)15)56(49)67-63(64,66)54(47)48/h16-37,57H,1-15H3/q+1. The topological polar surface area (TPSA) is 19.6 Å². The summed E-state index contributed by atoms with van der Waals surface area (Å²) in [6.45, 7) is 34.9. The molecule has 67 heavy (non-hydrogen) atoms. The van der Waals surface area contributed by atoms with E-state index in [0.29, 0.717) is 0 Å². The molecule has 4 heteroatoms. The third-order valence-corrected chi connectivity index (χ3v) is 15.1. The van der Waals surface area contributed by atoms with Crippen molar-refractivity contribution < 1.29 is 9.30 Å². The predicted octanol–water partition coefficient (Wildman–Crippen LogP) is 16.2. The summed E-state index contributed by atoms with van der Waals surface area (Å²) in [7, 11) is 0. The number of anilines is 3. The first kappa shape index (κ1) is 43.4. The van der Waals surface area contributed by atoms with Crippen molar-refractivity contribution in [2.45, 2.75) is 143 Å². The van der Waals surface area contributed by atoms with E-state index >= 15 is 0 Å². The number of para-hydroxylation sites is 1. The van der Waals surface area contributed by atoms with Gasteiger partial charge in [-0.25, -0.2) is 4.90 Å². The monoisotopic (exact) mass is 883 g/mol. The number of aromatic nitrogens is 1. The Morgan fingerprint density at radius 3 is 1.72 bits per heavy atom. The molecule has 0 saturated carbocycles. The number of benzene rings is 6. The highest BCUT2D eigenvalue weighted by Gasteiger charge is 2.70. The van der Waals surface area contributed by atoms with Gasteiger partial charge in [0, 0.05) is 39.9 Å². The molecule has 340 valence electrons. The lowest BCUT2D eigenvalue weighted by Crippen LogP contribution is -2.71. The summed E-state index contributed by atoms with van der Waals surface area (Å²) < 4.78 is 10.7. The summed E-state index contributed by atoms with van der Waals surface area (Å²) in [4.78, 5) is 5.36. The van der Waals surface area contributed by atoms with E-state index in [4.69, 9.17) is 4.74 Å². The molecule has 0 saturated heterocycles. The summed E-state index contributed by atoms with van der Waals surface area (Å²) in [5.41, 5.74) is 21.9. The van der Waals surface area contributed by atoms with E-state index in [0.717, 1.165) is 11.4 Å². The van der Waals surface area contributed by atoms with Gasteiger partial charge in [0.1, 0.15) is 17.5 Å². The normalized spacial score (nSPS) is 18.0. The molecule has 4 aliphatic heterocycles. The molecular weight excluding hydrogens is 815 g/mol. The smallest absolute Gasteiger partial charge is 0.410 e. The number of hydrogen-bond acceptors (Lipinski definition) is 3. The lowest BCUT2D eigenvalue weighted by Gasteiger charge is -2.49. The van der Waals surface area contributed by atoms with Crippen molar-refractivity contribution in [1.82, 2.24) is 0 Å². The fourth-order valence-electron chi connectivity index (χ4n) is 11.2. The van der Waals surface area contributed by atoms with Crippen LogP contribution in [0.3, 0.4) is 0 Å². The van der Waals surface area contributed by atoms with Crippen LogP contribution in [0.5, 0.6) is 5.75 Å². The molecule has 1 spiro atoms. The van der Waals surface area contributed by atoms with Gasteiger partial charge in [-0.1, -0.05) is 183 Å². The van der Waals surface area contributed by atoms with Gasteiger partial charge in [-0.05, 0) is 102 Å². The maximum atomic E-state index is 8.21. The zero-order chi connectivity index (χ0) is 47.5. The Morgan fingerprint density at radius 2 is 1.07 bits per heavy atom. The molecule has 6 aromatic carbocycles. The van der Waals surface area contributed by atoms with E-state index in [2.05, 4.69) is 252 Å². The van der Waals surface area contributed by atoms with E-state index in [9.17, 15) is 0 Å². The Balaban J connectivity index is 1.28. The number of pyridine rings is 1. The average Bonchev–Trinajstić information content (AvgIpc) is 3.76. The van der Waals surface area contributed by atoms with E-state index in [1.807, 2.05) is 0 Å². The maximum Gasteiger partial charge on any atom is 0.432 e. The molecule has 1 aromatic heterocycles. The molecule has 0 amide bonds. The first-order valence-corrected chi connectivity index (χ1v) is 24.5. The lowest BCUT2D eigenvalue weighted by molar-refractivity contribution is -0.774. The fourth-order valence-corrected chi connectivity index (χ4v) is 11.2. The number of nitrogens with zero attached hydrogens (tertiary/aromatic N) is 3. The molecule has 11 rings (SSSR count). The van der Waals surface area contributed by atoms with Crippen LogP contribution in [0, 0.1) is 0 Å². The van der Waals surface area contributed by atoms with E-state index < -0.39 is 5.85 Å². The first-order chi connectivity index (χ1) is 31.4. The molecule has 0 radical (unpaired) electrons. The van der Waals surface area contributed by atoms with Crippen LogP contribution < -0.4 is 19.1 Å². The number of ether oxygens (including phenoxy) is 1. The fraction of sp³-hybridized carbons (Fsp3) is 0.349.